The van der Waals surface area contributed by atoms with Crippen LogP contribution in [0.2, 0.25) is 0 Å². The molecular weight excluding hydrogens is 410 g/mol. The second kappa shape index (κ2) is 12.4. The maximum Gasteiger partial charge on any atom is 0.253 e. The topological polar surface area (TPSA) is 60.0 Å². The van der Waals surface area contributed by atoms with Gasteiger partial charge in [-0.1, -0.05) is 42.0 Å². The molecule has 6 heteroatoms. The number of hydrogen-bond donors (Lipinski definition) is 2. The molecule has 0 aliphatic carbocycles. The van der Waals surface area contributed by atoms with Crippen LogP contribution in [0.25, 0.3) is 0 Å². The maximum absolute atomic E-state index is 12.0. The summed E-state index contributed by atoms with van der Waals surface area (Å²) in [7, 11) is 3.53. The molecule has 3 rings (SSSR count). The monoisotopic (exact) mass is 449 g/mol. The van der Waals surface area contributed by atoms with Crippen molar-refractivity contribution in [3.63, 3.8) is 0 Å². The van der Waals surface area contributed by atoms with E-state index in [2.05, 4.69) is 53.6 Å². The molecule has 33 heavy (non-hydrogen) atoms. The van der Waals surface area contributed by atoms with Gasteiger partial charge in [-0.2, -0.15) is 0 Å². The summed E-state index contributed by atoms with van der Waals surface area (Å²) in [5.41, 5.74) is 4.51. The first kappa shape index (κ1) is 24.8. The number of rotatable bonds is 8. The lowest BCUT2D eigenvalue weighted by atomic mass is 9.96. The zero-order valence-electron chi connectivity index (χ0n) is 20.6. The van der Waals surface area contributed by atoms with Crippen LogP contribution < -0.4 is 10.6 Å². The van der Waals surface area contributed by atoms with Gasteiger partial charge < -0.3 is 15.5 Å². The number of amides is 1. The van der Waals surface area contributed by atoms with E-state index in [1.807, 2.05) is 24.3 Å². The minimum Gasteiger partial charge on any atom is -0.357 e. The van der Waals surface area contributed by atoms with Gasteiger partial charge in [0.05, 0.1) is 6.54 Å². The Labute approximate surface area is 199 Å². The highest BCUT2D eigenvalue weighted by atomic mass is 16.2. The molecule has 178 valence electrons. The van der Waals surface area contributed by atoms with Gasteiger partial charge in [-0.25, -0.2) is 4.99 Å². The summed E-state index contributed by atoms with van der Waals surface area (Å²) in [5, 5.41) is 6.89. The molecule has 2 N–H and O–H groups in total. The number of nitrogens with zero attached hydrogens (tertiary/aromatic N) is 3. The van der Waals surface area contributed by atoms with E-state index in [4.69, 9.17) is 4.99 Å². The molecule has 0 atom stereocenters. The molecule has 1 heterocycles. The van der Waals surface area contributed by atoms with Crippen molar-refractivity contribution in [2.45, 2.75) is 39.8 Å². The number of carbonyl (C=O) groups is 1. The number of likely N-dealkylation sites (tertiary alicyclic amines) is 1. The number of aliphatic imine (C=N–C) groups is 1. The van der Waals surface area contributed by atoms with Gasteiger partial charge in [-0.3, -0.25) is 9.69 Å². The van der Waals surface area contributed by atoms with Crippen molar-refractivity contribution in [3.8, 4) is 0 Å². The fourth-order valence-corrected chi connectivity index (χ4v) is 4.06. The van der Waals surface area contributed by atoms with E-state index in [0.717, 1.165) is 44.2 Å². The van der Waals surface area contributed by atoms with Crippen molar-refractivity contribution in [1.29, 1.82) is 0 Å². The summed E-state index contributed by atoms with van der Waals surface area (Å²) in [6, 6.07) is 16.6. The number of piperidine rings is 1. The van der Waals surface area contributed by atoms with Crippen LogP contribution in [0, 0.1) is 12.8 Å². The summed E-state index contributed by atoms with van der Waals surface area (Å²) in [6.45, 7) is 9.92. The minimum atomic E-state index is 0.0185. The molecule has 1 aliphatic rings. The van der Waals surface area contributed by atoms with Crippen molar-refractivity contribution in [2.75, 3.05) is 40.3 Å². The van der Waals surface area contributed by atoms with Gasteiger partial charge in [-0.05, 0) is 69.0 Å². The van der Waals surface area contributed by atoms with Crippen molar-refractivity contribution >= 4 is 11.9 Å². The third kappa shape index (κ3) is 7.90. The summed E-state index contributed by atoms with van der Waals surface area (Å²) < 4.78 is 0. The van der Waals surface area contributed by atoms with Gasteiger partial charge in [0, 0.05) is 39.3 Å². The number of guanidine groups is 1. The molecule has 2 aromatic rings. The van der Waals surface area contributed by atoms with Crippen LogP contribution in [0.15, 0.2) is 53.5 Å². The van der Waals surface area contributed by atoms with E-state index in [-0.39, 0.29) is 5.91 Å². The van der Waals surface area contributed by atoms with Crippen LogP contribution in [0.1, 0.15) is 46.8 Å². The van der Waals surface area contributed by atoms with Crippen LogP contribution >= 0.6 is 0 Å². The normalized spacial score (nSPS) is 15.3. The van der Waals surface area contributed by atoms with E-state index in [1.165, 1.54) is 24.0 Å². The molecule has 0 unspecified atom stereocenters. The molecule has 6 nitrogen and oxygen atoms in total. The van der Waals surface area contributed by atoms with Gasteiger partial charge in [0.2, 0.25) is 0 Å². The SMILES string of the molecule is CCNC(=NCc1ccc(C(=O)N(C)C)cc1)NCC1CCN(Cc2ccc(C)cc2)CC1. The van der Waals surface area contributed by atoms with Gasteiger partial charge in [0.1, 0.15) is 0 Å². The molecule has 0 radical (unpaired) electrons. The smallest absolute Gasteiger partial charge is 0.253 e. The third-order valence-corrected chi connectivity index (χ3v) is 6.16. The van der Waals surface area contributed by atoms with E-state index < -0.39 is 0 Å². The zero-order chi connectivity index (χ0) is 23.6. The Balaban J connectivity index is 1.44. The van der Waals surface area contributed by atoms with Crippen LogP contribution in [0.5, 0.6) is 0 Å². The van der Waals surface area contributed by atoms with Gasteiger partial charge >= 0.3 is 0 Å². The molecule has 0 aromatic heterocycles. The lowest BCUT2D eigenvalue weighted by Crippen LogP contribution is -2.42. The molecular formula is C27H39N5O. The van der Waals surface area contributed by atoms with E-state index in [1.54, 1.807) is 19.0 Å². The van der Waals surface area contributed by atoms with Crippen molar-refractivity contribution in [2.24, 2.45) is 10.9 Å². The molecule has 2 aromatic carbocycles. The molecule has 0 bridgehead atoms. The average molecular weight is 450 g/mol. The Morgan fingerprint density at radius 1 is 1.00 bits per heavy atom. The first-order valence-electron chi connectivity index (χ1n) is 12.0. The second-order valence-electron chi connectivity index (χ2n) is 9.18. The van der Waals surface area contributed by atoms with Crippen molar-refractivity contribution in [3.05, 3.63) is 70.8 Å². The molecule has 1 aliphatic heterocycles. The summed E-state index contributed by atoms with van der Waals surface area (Å²) >= 11 is 0. The highest BCUT2D eigenvalue weighted by Crippen LogP contribution is 2.18. The Morgan fingerprint density at radius 2 is 1.64 bits per heavy atom. The Kier molecular flexibility index (Phi) is 9.31. The van der Waals surface area contributed by atoms with E-state index >= 15 is 0 Å². The molecule has 1 saturated heterocycles. The number of hydrogen-bond acceptors (Lipinski definition) is 3. The fourth-order valence-electron chi connectivity index (χ4n) is 4.06. The highest BCUT2D eigenvalue weighted by Gasteiger charge is 2.19. The lowest BCUT2D eigenvalue weighted by Gasteiger charge is -2.32. The Morgan fingerprint density at radius 3 is 2.24 bits per heavy atom. The number of benzene rings is 2. The van der Waals surface area contributed by atoms with Crippen LogP contribution in [0.4, 0.5) is 0 Å². The zero-order valence-corrected chi connectivity index (χ0v) is 20.6. The van der Waals surface area contributed by atoms with E-state index in [9.17, 15) is 4.79 Å². The number of nitrogens with one attached hydrogen (secondary N) is 2. The van der Waals surface area contributed by atoms with Crippen LogP contribution in [0.3, 0.4) is 0 Å². The predicted molar refractivity (Wildman–Crippen MR) is 136 cm³/mol. The Bertz CT molecular complexity index is 897. The second-order valence-corrected chi connectivity index (χ2v) is 9.18. The summed E-state index contributed by atoms with van der Waals surface area (Å²) in [5.74, 6) is 1.54. The number of carbonyl (C=O) groups excluding carboxylic acids is 1. The standard InChI is InChI=1S/C27H39N5O/c1-5-28-27(29-18-22-10-12-25(13-11-22)26(33)31(3)4)30-19-23-14-16-32(17-15-23)20-24-8-6-21(2)7-9-24/h6-13,23H,5,14-20H2,1-4H3,(H2,28,29,30). The summed E-state index contributed by atoms with van der Waals surface area (Å²) in [4.78, 5) is 20.9. The number of aryl methyl sites for hydroxylation is 1. The first-order chi connectivity index (χ1) is 15.9. The average Bonchev–Trinajstić information content (AvgIpc) is 2.83. The molecule has 1 fully saturated rings. The molecule has 1 amide bonds. The van der Waals surface area contributed by atoms with Gasteiger partial charge in [0.25, 0.3) is 5.91 Å². The highest BCUT2D eigenvalue weighted by molar-refractivity contribution is 5.93. The molecule has 0 spiro atoms. The maximum atomic E-state index is 12.0. The third-order valence-electron chi connectivity index (χ3n) is 6.16. The minimum absolute atomic E-state index is 0.0185. The van der Waals surface area contributed by atoms with E-state index in [0.29, 0.717) is 18.0 Å². The fraction of sp³-hybridized carbons (Fsp3) is 0.481. The predicted octanol–water partition coefficient (Wildman–Crippen LogP) is 3.66. The van der Waals surface area contributed by atoms with Gasteiger partial charge in [-0.15, -0.1) is 0 Å². The molecule has 0 saturated carbocycles. The van der Waals surface area contributed by atoms with Crippen LogP contribution in [-0.2, 0) is 13.1 Å². The largest absolute Gasteiger partial charge is 0.357 e. The first-order valence-corrected chi connectivity index (χ1v) is 12.0. The lowest BCUT2D eigenvalue weighted by molar-refractivity contribution is 0.0827. The van der Waals surface area contributed by atoms with Crippen molar-refractivity contribution < 1.29 is 4.79 Å². The Hall–Kier alpha value is -2.86. The van der Waals surface area contributed by atoms with Crippen LogP contribution in [-0.4, -0.2) is 61.9 Å². The summed E-state index contributed by atoms with van der Waals surface area (Å²) in [6.07, 6.45) is 2.42. The quantitative estimate of drug-likeness (QED) is 0.477. The van der Waals surface area contributed by atoms with Crippen molar-refractivity contribution in [1.82, 2.24) is 20.4 Å². The van der Waals surface area contributed by atoms with Gasteiger partial charge in [0.15, 0.2) is 5.96 Å².